The summed E-state index contributed by atoms with van der Waals surface area (Å²) in [6, 6.07) is 0. The van der Waals surface area contributed by atoms with Gasteiger partial charge in [0.05, 0.1) is 6.10 Å². The van der Waals surface area contributed by atoms with Crippen molar-refractivity contribution in [3.63, 3.8) is 0 Å². The Morgan fingerprint density at radius 2 is 1.29 bits per heavy atom. The van der Waals surface area contributed by atoms with Gasteiger partial charge >= 0.3 is 31.2 Å². The van der Waals surface area contributed by atoms with Crippen LogP contribution in [0.25, 0.3) is 0 Å². The monoisotopic (exact) mass is 698 g/mol. The smallest absolute Gasteiger partial charge is 0.264 e. The molecule has 0 spiro atoms. The first-order valence-electron chi connectivity index (χ1n) is 15.8. The Bertz CT molecular complexity index is 1470. The van der Waals surface area contributed by atoms with Gasteiger partial charge in [0.15, 0.2) is 0 Å². The largest absolute Gasteiger partial charge is 0.397 e. The van der Waals surface area contributed by atoms with Gasteiger partial charge in [0, 0.05) is 0 Å². The molecule has 4 rings (SSSR count). The van der Waals surface area contributed by atoms with Crippen LogP contribution in [-0.2, 0) is 43.7 Å². The van der Waals surface area contributed by atoms with Crippen molar-refractivity contribution in [3.05, 3.63) is 24.3 Å². The zero-order valence-corrected chi connectivity index (χ0v) is 29.4. The number of fused-ring (bicyclic) bond motifs is 5. The van der Waals surface area contributed by atoms with Crippen molar-refractivity contribution in [1.29, 1.82) is 0 Å². The van der Waals surface area contributed by atoms with Crippen molar-refractivity contribution < 1.29 is 51.5 Å². The quantitative estimate of drug-likeness (QED) is 0.182. The minimum Gasteiger partial charge on any atom is -0.264 e. The van der Waals surface area contributed by atoms with E-state index in [1.54, 1.807) is 0 Å². The molecule has 0 amide bonds. The first kappa shape index (κ1) is 36.9. The lowest BCUT2D eigenvalue weighted by Gasteiger charge is -2.63. The molecule has 4 aliphatic rings. The van der Waals surface area contributed by atoms with E-state index in [1.807, 2.05) is 13.8 Å². The normalized spacial score (nSPS) is 40.5. The van der Waals surface area contributed by atoms with E-state index in [0.29, 0.717) is 11.8 Å². The maximum absolute atomic E-state index is 12.1. The maximum atomic E-state index is 12.1. The van der Waals surface area contributed by atoms with Crippen LogP contribution in [0.5, 0.6) is 0 Å². The first-order valence-corrected chi connectivity index (χ1v) is 19.9. The highest BCUT2D eigenvalue weighted by Crippen LogP contribution is 2.69. The van der Waals surface area contributed by atoms with Crippen LogP contribution in [0, 0.1) is 58.2 Å². The second kappa shape index (κ2) is 12.8. The van der Waals surface area contributed by atoms with Gasteiger partial charge in [0.25, 0.3) is 0 Å². The lowest BCUT2D eigenvalue weighted by molar-refractivity contribution is -0.183. The zero-order valence-electron chi connectivity index (χ0n) is 26.9. The van der Waals surface area contributed by atoms with Crippen LogP contribution < -0.4 is 0 Å². The van der Waals surface area contributed by atoms with Crippen molar-refractivity contribution in [2.24, 2.45) is 58.2 Å². The van der Waals surface area contributed by atoms with Gasteiger partial charge in [-0.3, -0.25) is 13.7 Å². The fourth-order valence-electron chi connectivity index (χ4n) is 10.3. The molecule has 4 aliphatic carbocycles. The average Bonchev–Trinajstić information content (AvgIpc) is 3.19. The van der Waals surface area contributed by atoms with E-state index in [-0.39, 0.29) is 54.3 Å². The number of allylic oxidation sites excluding steroid dienone is 3. The topological polar surface area (TPSA) is 191 Å². The SMILES string of the molecule is C=C(C)C(C=CC(C)C1CCC2C3CC(OS(=O)(=O)O)C4CC(OS(=O)(=O)O)C(OS(=O)(=O)O)CC4(C)C3CCC12C)C(C)C. The molecular weight excluding hydrogens is 649 g/mol. The minimum absolute atomic E-state index is 0.0396. The highest BCUT2D eigenvalue weighted by atomic mass is 32.3. The molecule has 4 fully saturated rings. The molecule has 260 valence electrons. The molecule has 45 heavy (non-hydrogen) atoms. The van der Waals surface area contributed by atoms with Crippen molar-refractivity contribution in [2.45, 2.75) is 105 Å². The van der Waals surface area contributed by atoms with Crippen LogP contribution in [0.2, 0.25) is 0 Å². The average molecular weight is 699 g/mol. The molecule has 0 aliphatic heterocycles. The molecule has 4 saturated carbocycles. The lowest BCUT2D eigenvalue weighted by atomic mass is 9.43. The molecule has 12 nitrogen and oxygen atoms in total. The fraction of sp³-hybridized carbons (Fsp3) is 0.867. The van der Waals surface area contributed by atoms with Gasteiger partial charge in [0.2, 0.25) is 0 Å². The molecule has 3 N–H and O–H groups in total. The summed E-state index contributed by atoms with van der Waals surface area (Å²) in [5, 5.41) is 0. The maximum Gasteiger partial charge on any atom is 0.397 e. The second-order valence-electron chi connectivity index (χ2n) is 14.9. The van der Waals surface area contributed by atoms with Gasteiger partial charge in [-0.1, -0.05) is 58.9 Å². The number of rotatable bonds is 11. The minimum atomic E-state index is -5.08. The van der Waals surface area contributed by atoms with Crippen LogP contribution in [0.4, 0.5) is 0 Å². The standard InChI is InChI=1S/C30H50O12S3/c1-17(2)20(18(3)4)9-8-19(5)22-10-11-23-21-14-26(40-43(31,32)33)25-15-27(41-44(34,35)36)28(42-45(37,38)39)16-30(25,7)24(21)12-13-29(22,23)6/h8-9,18-28H,1,10-16H2,2-7H3,(H,31,32,33)(H,34,35,36)(H,37,38,39). The summed E-state index contributed by atoms with van der Waals surface area (Å²) in [5.74, 6) is 0.772. The van der Waals surface area contributed by atoms with Crippen LogP contribution in [-0.4, -0.2) is 57.2 Å². The van der Waals surface area contributed by atoms with Gasteiger partial charge in [0.1, 0.15) is 12.2 Å². The van der Waals surface area contributed by atoms with E-state index < -0.39 is 60.8 Å². The Balaban J connectivity index is 1.69. The Hall–Kier alpha value is -0.910. The van der Waals surface area contributed by atoms with E-state index in [0.717, 1.165) is 31.3 Å². The van der Waals surface area contributed by atoms with Crippen molar-refractivity contribution >= 4 is 31.2 Å². The van der Waals surface area contributed by atoms with Crippen LogP contribution in [0.3, 0.4) is 0 Å². The van der Waals surface area contributed by atoms with Gasteiger partial charge in [-0.2, -0.15) is 25.3 Å². The van der Waals surface area contributed by atoms with Crippen LogP contribution >= 0.6 is 0 Å². The van der Waals surface area contributed by atoms with Gasteiger partial charge < -0.3 is 0 Å². The van der Waals surface area contributed by atoms with Gasteiger partial charge in [-0.05, 0) is 110 Å². The summed E-state index contributed by atoms with van der Waals surface area (Å²) in [6.07, 6.45) is 3.91. The summed E-state index contributed by atoms with van der Waals surface area (Å²) in [5.41, 5.74) is 0.208. The predicted octanol–water partition coefficient (Wildman–Crippen LogP) is 5.47. The van der Waals surface area contributed by atoms with E-state index >= 15 is 0 Å². The fourth-order valence-corrected chi connectivity index (χ4v) is 11.9. The summed E-state index contributed by atoms with van der Waals surface area (Å²) >= 11 is 0. The van der Waals surface area contributed by atoms with E-state index in [9.17, 15) is 38.9 Å². The highest BCUT2D eigenvalue weighted by molar-refractivity contribution is 7.81. The molecule has 0 aromatic rings. The summed E-state index contributed by atoms with van der Waals surface area (Å²) in [6.45, 7) is 17.0. The summed E-state index contributed by atoms with van der Waals surface area (Å²) < 4.78 is 115. The molecule has 0 saturated heterocycles. The van der Waals surface area contributed by atoms with Crippen molar-refractivity contribution in [3.8, 4) is 0 Å². The predicted molar refractivity (Wildman–Crippen MR) is 167 cm³/mol. The Morgan fingerprint density at radius 1 is 0.756 bits per heavy atom. The highest BCUT2D eigenvalue weighted by Gasteiger charge is 2.65. The first-order chi connectivity index (χ1) is 20.4. The Morgan fingerprint density at radius 3 is 1.82 bits per heavy atom. The molecule has 15 heteroatoms. The summed E-state index contributed by atoms with van der Waals surface area (Å²) in [4.78, 5) is 0. The molecule has 12 unspecified atom stereocenters. The third-order valence-electron chi connectivity index (χ3n) is 12.0. The van der Waals surface area contributed by atoms with Gasteiger partial charge in [-0.15, -0.1) is 0 Å². The van der Waals surface area contributed by atoms with Crippen LogP contribution in [0.1, 0.15) is 86.5 Å². The van der Waals surface area contributed by atoms with Crippen molar-refractivity contribution in [1.82, 2.24) is 0 Å². The van der Waals surface area contributed by atoms with E-state index in [2.05, 4.69) is 46.4 Å². The number of hydrogen-bond donors (Lipinski definition) is 3. The molecule has 0 aromatic carbocycles. The third-order valence-corrected chi connectivity index (χ3v) is 13.5. The molecule has 0 aromatic heterocycles. The molecule has 0 radical (unpaired) electrons. The lowest BCUT2D eigenvalue weighted by Crippen LogP contribution is -2.62. The Kier molecular flexibility index (Phi) is 10.5. The number of hydrogen-bond acceptors (Lipinski definition) is 9. The van der Waals surface area contributed by atoms with Crippen LogP contribution in [0.15, 0.2) is 24.3 Å². The molecular formula is C30H50O12S3. The molecule has 0 bridgehead atoms. The van der Waals surface area contributed by atoms with Crippen molar-refractivity contribution in [2.75, 3.05) is 0 Å². The molecule has 0 heterocycles. The van der Waals surface area contributed by atoms with Gasteiger partial charge in [-0.25, -0.2) is 12.5 Å². The second-order valence-corrected chi connectivity index (χ2v) is 18.1. The van der Waals surface area contributed by atoms with E-state index in [4.69, 9.17) is 12.5 Å². The third kappa shape index (κ3) is 8.05. The van der Waals surface area contributed by atoms with E-state index in [1.165, 1.54) is 0 Å². The Labute approximate surface area is 269 Å². The summed E-state index contributed by atoms with van der Waals surface area (Å²) in [7, 11) is -15.0. The molecule has 12 atom stereocenters. The zero-order chi connectivity index (χ0) is 33.9.